The molecule has 4 rings (SSSR count). The summed E-state index contributed by atoms with van der Waals surface area (Å²) in [7, 11) is 3.40. The number of nitrogens with one attached hydrogen (secondary N) is 2. The first-order chi connectivity index (χ1) is 17.8. The maximum absolute atomic E-state index is 12.0. The second kappa shape index (κ2) is 10.3. The van der Waals surface area contributed by atoms with Crippen LogP contribution < -0.4 is 21.1 Å². The molecule has 186 valence electrons. The molecular formula is C28H26N6O3. The second-order valence-electron chi connectivity index (χ2n) is 8.26. The number of hydrogen-bond acceptors (Lipinski definition) is 6. The van der Waals surface area contributed by atoms with Crippen molar-refractivity contribution >= 4 is 39.9 Å². The Hall–Kier alpha value is -5.10. The number of nitrogens with zero attached hydrogens (tertiary/aromatic N) is 3. The van der Waals surface area contributed by atoms with Gasteiger partial charge in [-0.1, -0.05) is 31.7 Å². The number of aryl methyl sites for hydroxylation is 1. The largest absolute Gasteiger partial charge is 0.495 e. The van der Waals surface area contributed by atoms with E-state index < -0.39 is 0 Å². The summed E-state index contributed by atoms with van der Waals surface area (Å²) in [4.78, 5) is 28.0. The molecule has 0 unspecified atom stereocenters. The van der Waals surface area contributed by atoms with Crippen LogP contribution in [0.4, 0.5) is 17.2 Å². The molecule has 2 aromatic heterocycles. The van der Waals surface area contributed by atoms with Crippen LogP contribution in [0.2, 0.25) is 0 Å². The number of methoxy groups -OCH3 is 1. The number of carbonyl (C=O) groups is 2. The van der Waals surface area contributed by atoms with Gasteiger partial charge in [-0.2, -0.15) is 5.26 Å². The summed E-state index contributed by atoms with van der Waals surface area (Å²) in [5.41, 5.74) is 11.7. The second-order valence-corrected chi connectivity index (χ2v) is 8.26. The predicted molar refractivity (Wildman–Crippen MR) is 145 cm³/mol. The number of fused-ring (bicyclic) bond motifs is 1. The van der Waals surface area contributed by atoms with E-state index in [2.05, 4.69) is 28.3 Å². The Bertz CT molecular complexity index is 1580. The van der Waals surface area contributed by atoms with Crippen molar-refractivity contribution in [2.24, 2.45) is 7.05 Å². The van der Waals surface area contributed by atoms with Gasteiger partial charge in [0.2, 0.25) is 11.8 Å². The normalized spacial score (nSPS) is 10.5. The molecule has 9 nitrogen and oxygen atoms in total. The van der Waals surface area contributed by atoms with Crippen LogP contribution in [-0.2, 0) is 16.6 Å². The molecule has 4 aromatic rings. The summed E-state index contributed by atoms with van der Waals surface area (Å²) in [6, 6.07) is 15.0. The topological polar surface area (TPSA) is 135 Å². The number of rotatable bonds is 7. The summed E-state index contributed by atoms with van der Waals surface area (Å²) in [5.74, 6) is 0.321. The van der Waals surface area contributed by atoms with Crippen LogP contribution >= 0.6 is 0 Å². The minimum Gasteiger partial charge on any atom is -0.495 e. The summed E-state index contributed by atoms with van der Waals surface area (Å²) in [6.07, 6.45) is 3.00. The number of pyridine rings is 1. The van der Waals surface area contributed by atoms with E-state index in [0.29, 0.717) is 40.0 Å². The molecule has 0 radical (unpaired) electrons. The molecule has 0 saturated heterocycles. The third-order valence-corrected chi connectivity index (χ3v) is 6.06. The predicted octanol–water partition coefficient (Wildman–Crippen LogP) is 4.84. The van der Waals surface area contributed by atoms with E-state index in [1.54, 1.807) is 25.1 Å². The zero-order chi connectivity index (χ0) is 26.7. The van der Waals surface area contributed by atoms with E-state index in [-0.39, 0.29) is 17.6 Å². The van der Waals surface area contributed by atoms with Crippen LogP contribution in [-0.4, -0.2) is 28.5 Å². The molecule has 9 heteroatoms. The zero-order valence-corrected chi connectivity index (χ0v) is 20.8. The van der Waals surface area contributed by atoms with Crippen LogP contribution in [0.15, 0.2) is 61.3 Å². The number of nitrogens with two attached hydrogens (primary N) is 1. The lowest BCUT2D eigenvalue weighted by Crippen LogP contribution is -2.10. The van der Waals surface area contributed by atoms with Crippen molar-refractivity contribution < 1.29 is 14.3 Å². The fourth-order valence-corrected chi connectivity index (χ4v) is 4.30. The highest BCUT2D eigenvalue weighted by Crippen LogP contribution is 2.45. The van der Waals surface area contributed by atoms with Gasteiger partial charge in [0.05, 0.1) is 35.0 Å². The molecule has 37 heavy (non-hydrogen) atoms. The van der Waals surface area contributed by atoms with Crippen molar-refractivity contribution in [2.45, 2.75) is 13.3 Å². The van der Waals surface area contributed by atoms with E-state index in [1.165, 1.54) is 19.4 Å². The summed E-state index contributed by atoms with van der Waals surface area (Å²) < 4.78 is 7.50. The third-order valence-electron chi connectivity index (χ3n) is 6.06. The van der Waals surface area contributed by atoms with Crippen LogP contribution in [0.1, 0.15) is 18.9 Å². The number of nitrogen functional groups attached to an aromatic ring is 1. The average Bonchev–Trinajstić information content (AvgIpc) is 3.23. The van der Waals surface area contributed by atoms with E-state index in [4.69, 9.17) is 10.5 Å². The summed E-state index contributed by atoms with van der Waals surface area (Å²) >= 11 is 0. The molecule has 0 spiro atoms. The molecule has 2 heterocycles. The van der Waals surface area contributed by atoms with Gasteiger partial charge in [-0.25, -0.2) is 4.98 Å². The molecule has 0 fully saturated rings. The molecule has 0 aliphatic carbocycles. The lowest BCUT2D eigenvalue weighted by atomic mass is 9.97. The maximum atomic E-state index is 12.0. The van der Waals surface area contributed by atoms with Gasteiger partial charge in [0.15, 0.2) is 0 Å². The van der Waals surface area contributed by atoms with Gasteiger partial charge < -0.3 is 25.7 Å². The Balaban J connectivity index is 1.99. The average molecular weight is 495 g/mol. The molecule has 0 bridgehead atoms. The smallest absolute Gasteiger partial charge is 0.247 e. The zero-order valence-electron chi connectivity index (χ0n) is 20.8. The number of benzene rings is 2. The van der Waals surface area contributed by atoms with Gasteiger partial charge in [-0.15, -0.1) is 0 Å². The Morgan fingerprint density at radius 2 is 1.89 bits per heavy atom. The number of nitriles is 1. The molecule has 2 aromatic carbocycles. The van der Waals surface area contributed by atoms with E-state index in [9.17, 15) is 14.9 Å². The van der Waals surface area contributed by atoms with E-state index in [0.717, 1.165) is 22.4 Å². The van der Waals surface area contributed by atoms with Gasteiger partial charge in [0.1, 0.15) is 17.6 Å². The number of amides is 2. The van der Waals surface area contributed by atoms with Crippen molar-refractivity contribution in [3.8, 4) is 34.2 Å². The van der Waals surface area contributed by atoms with Crippen molar-refractivity contribution in [1.29, 1.82) is 5.26 Å². The van der Waals surface area contributed by atoms with Crippen molar-refractivity contribution in [2.75, 3.05) is 23.5 Å². The maximum Gasteiger partial charge on any atom is 0.247 e. The standard InChI is InChI=1S/C28H26N6O3/c1-5-22(35)32-19-10-7-16(8-11-19)26-24(25-27(34(26)3)18(14-29)15-31-28(25)30)17-9-12-20(21(13-17)37-4)33-23(36)6-2/h5,7-13,15H,1,6H2,2-4H3,(H2,30,31)(H,32,35)(H,33,36). The highest BCUT2D eigenvalue weighted by atomic mass is 16.5. The molecule has 0 atom stereocenters. The third kappa shape index (κ3) is 4.60. The van der Waals surface area contributed by atoms with Crippen molar-refractivity contribution in [1.82, 2.24) is 9.55 Å². The highest BCUT2D eigenvalue weighted by molar-refractivity contribution is 6.11. The first-order valence-corrected chi connectivity index (χ1v) is 11.5. The number of ether oxygens (including phenoxy) is 1. The molecule has 0 aliphatic rings. The van der Waals surface area contributed by atoms with Gasteiger partial charge in [-0.05, 0) is 41.5 Å². The lowest BCUT2D eigenvalue weighted by molar-refractivity contribution is -0.116. The molecular weight excluding hydrogens is 468 g/mol. The van der Waals surface area contributed by atoms with Gasteiger partial charge >= 0.3 is 0 Å². The quantitative estimate of drug-likeness (QED) is 0.315. The fourth-order valence-electron chi connectivity index (χ4n) is 4.30. The number of anilines is 3. The summed E-state index contributed by atoms with van der Waals surface area (Å²) in [5, 5.41) is 16.0. The number of aromatic nitrogens is 2. The molecule has 0 aliphatic heterocycles. The number of hydrogen-bond donors (Lipinski definition) is 3. The van der Waals surface area contributed by atoms with Crippen LogP contribution in [0, 0.1) is 11.3 Å². The molecule has 0 saturated carbocycles. The van der Waals surface area contributed by atoms with Crippen molar-refractivity contribution in [3.63, 3.8) is 0 Å². The van der Waals surface area contributed by atoms with Gasteiger partial charge in [-0.3, -0.25) is 9.59 Å². The lowest BCUT2D eigenvalue weighted by Gasteiger charge is -2.14. The minimum absolute atomic E-state index is 0.132. The Morgan fingerprint density at radius 1 is 1.19 bits per heavy atom. The monoisotopic (exact) mass is 494 g/mol. The Kier molecular flexibility index (Phi) is 6.93. The summed E-state index contributed by atoms with van der Waals surface area (Å²) in [6.45, 7) is 5.25. The van der Waals surface area contributed by atoms with Crippen LogP contribution in [0.25, 0.3) is 33.3 Å². The van der Waals surface area contributed by atoms with Gasteiger partial charge in [0, 0.05) is 30.9 Å². The van der Waals surface area contributed by atoms with E-state index in [1.807, 2.05) is 35.9 Å². The van der Waals surface area contributed by atoms with Crippen molar-refractivity contribution in [3.05, 3.63) is 66.9 Å². The van der Waals surface area contributed by atoms with Gasteiger partial charge in [0.25, 0.3) is 0 Å². The highest BCUT2D eigenvalue weighted by Gasteiger charge is 2.24. The van der Waals surface area contributed by atoms with Crippen LogP contribution in [0.5, 0.6) is 5.75 Å². The Labute approximate surface area is 214 Å². The fraction of sp³-hybridized carbons (Fsp3) is 0.143. The minimum atomic E-state index is -0.307. The Morgan fingerprint density at radius 3 is 2.51 bits per heavy atom. The number of carbonyl (C=O) groups excluding carboxylic acids is 2. The SMILES string of the molecule is C=CC(=O)Nc1ccc(-c2c(-c3ccc(NC(=O)CC)c(OC)c3)c3c(N)ncc(C#N)c3n2C)cc1. The van der Waals surface area contributed by atoms with Crippen LogP contribution in [0.3, 0.4) is 0 Å². The molecule has 4 N–H and O–H groups in total. The first kappa shape index (κ1) is 25.0. The molecule has 2 amide bonds. The first-order valence-electron chi connectivity index (χ1n) is 11.5. The van der Waals surface area contributed by atoms with E-state index >= 15 is 0 Å².